The fraction of sp³-hybridized carbons (Fsp3) is 0.588. The van der Waals surface area contributed by atoms with Crippen LogP contribution in [0, 0.1) is 0 Å². The summed E-state index contributed by atoms with van der Waals surface area (Å²) < 4.78 is 0. The van der Waals surface area contributed by atoms with E-state index in [1.165, 1.54) is 19.3 Å². The minimum Gasteiger partial charge on any atom is -0.478 e. The zero-order chi connectivity index (χ0) is 14.8. The van der Waals surface area contributed by atoms with Gasteiger partial charge in [0.1, 0.15) is 0 Å². The maximum absolute atomic E-state index is 11.4. The van der Waals surface area contributed by atoms with Gasteiger partial charge in [0.15, 0.2) is 0 Å². The number of benzene rings is 1. The highest BCUT2D eigenvalue weighted by molar-refractivity contribution is 5.91. The standard InChI is InChI=1S/C17H24N2O2/c1-2-14-15(17(20)21)7-4-8-16(14)19-11-9-18(10-12-19)13-5-3-6-13/h4,7-8,13H,2-3,5-6,9-12H2,1H3,(H,20,21). The Bertz CT molecular complexity index is 518. The molecule has 1 aromatic carbocycles. The van der Waals surface area contributed by atoms with Crippen LogP contribution in [-0.4, -0.2) is 48.2 Å². The number of carboxylic acid groups (broad SMARTS) is 1. The van der Waals surface area contributed by atoms with E-state index in [2.05, 4.69) is 15.9 Å². The SMILES string of the molecule is CCc1c(C(=O)O)cccc1N1CCN(C2CCC2)CC1. The molecule has 114 valence electrons. The fourth-order valence-corrected chi connectivity index (χ4v) is 3.52. The van der Waals surface area contributed by atoms with Gasteiger partial charge in [-0.2, -0.15) is 0 Å². The first kappa shape index (κ1) is 14.4. The molecule has 1 heterocycles. The molecular weight excluding hydrogens is 264 g/mol. The predicted octanol–water partition coefficient (Wildman–Crippen LogP) is 2.62. The highest BCUT2D eigenvalue weighted by Gasteiger charge is 2.28. The Morgan fingerprint density at radius 3 is 2.48 bits per heavy atom. The molecule has 1 aromatic rings. The molecule has 0 bridgehead atoms. The van der Waals surface area contributed by atoms with E-state index in [-0.39, 0.29) is 0 Å². The summed E-state index contributed by atoms with van der Waals surface area (Å²) in [6.07, 6.45) is 4.86. The maximum Gasteiger partial charge on any atom is 0.336 e. The lowest BCUT2D eigenvalue weighted by Gasteiger charge is -2.44. The monoisotopic (exact) mass is 288 g/mol. The highest BCUT2D eigenvalue weighted by Crippen LogP contribution is 2.29. The van der Waals surface area contributed by atoms with E-state index in [1.807, 2.05) is 13.0 Å². The van der Waals surface area contributed by atoms with Gasteiger partial charge in [-0.1, -0.05) is 19.4 Å². The molecule has 0 spiro atoms. The van der Waals surface area contributed by atoms with E-state index in [0.29, 0.717) is 5.56 Å². The van der Waals surface area contributed by atoms with E-state index in [9.17, 15) is 9.90 Å². The zero-order valence-corrected chi connectivity index (χ0v) is 12.7. The van der Waals surface area contributed by atoms with Crippen molar-refractivity contribution in [3.05, 3.63) is 29.3 Å². The first-order valence-corrected chi connectivity index (χ1v) is 8.05. The molecule has 1 N–H and O–H groups in total. The summed E-state index contributed by atoms with van der Waals surface area (Å²) in [7, 11) is 0. The number of nitrogens with zero attached hydrogens (tertiary/aromatic N) is 2. The van der Waals surface area contributed by atoms with E-state index in [4.69, 9.17) is 0 Å². The van der Waals surface area contributed by atoms with Crippen LogP contribution in [0.4, 0.5) is 5.69 Å². The quantitative estimate of drug-likeness (QED) is 0.925. The van der Waals surface area contributed by atoms with Crippen LogP contribution in [0.5, 0.6) is 0 Å². The van der Waals surface area contributed by atoms with Gasteiger partial charge in [-0.15, -0.1) is 0 Å². The molecule has 4 heteroatoms. The smallest absolute Gasteiger partial charge is 0.336 e. The number of carbonyl (C=O) groups is 1. The van der Waals surface area contributed by atoms with Crippen molar-refractivity contribution < 1.29 is 9.90 Å². The Hall–Kier alpha value is -1.55. The number of hydrogen-bond donors (Lipinski definition) is 1. The Balaban J connectivity index is 1.75. The molecule has 3 rings (SSSR count). The van der Waals surface area contributed by atoms with Crippen molar-refractivity contribution in [3.8, 4) is 0 Å². The van der Waals surface area contributed by atoms with Gasteiger partial charge in [-0.3, -0.25) is 4.90 Å². The van der Waals surface area contributed by atoms with Crippen molar-refractivity contribution in [2.75, 3.05) is 31.1 Å². The third-order valence-corrected chi connectivity index (χ3v) is 4.98. The average molecular weight is 288 g/mol. The van der Waals surface area contributed by atoms with Gasteiger partial charge in [-0.05, 0) is 37.0 Å². The van der Waals surface area contributed by atoms with Crippen LogP contribution in [0.3, 0.4) is 0 Å². The number of piperazine rings is 1. The molecule has 0 unspecified atom stereocenters. The van der Waals surface area contributed by atoms with Gasteiger partial charge in [0.25, 0.3) is 0 Å². The van der Waals surface area contributed by atoms with E-state index in [0.717, 1.165) is 49.9 Å². The van der Waals surface area contributed by atoms with Crippen molar-refractivity contribution in [1.82, 2.24) is 4.90 Å². The number of aromatic carboxylic acids is 1. The predicted molar refractivity (Wildman–Crippen MR) is 84.2 cm³/mol. The van der Waals surface area contributed by atoms with E-state index < -0.39 is 5.97 Å². The third kappa shape index (κ3) is 2.77. The molecule has 4 nitrogen and oxygen atoms in total. The normalized spacial score (nSPS) is 20.3. The Morgan fingerprint density at radius 1 is 1.24 bits per heavy atom. The van der Waals surface area contributed by atoms with Gasteiger partial charge in [-0.25, -0.2) is 4.79 Å². The van der Waals surface area contributed by atoms with Gasteiger partial charge in [0.05, 0.1) is 5.56 Å². The number of carboxylic acids is 1. The van der Waals surface area contributed by atoms with Gasteiger partial charge >= 0.3 is 5.97 Å². The van der Waals surface area contributed by atoms with Crippen LogP contribution in [0.2, 0.25) is 0 Å². The second-order valence-electron chi connectivity index (χ2n) is 6.07. The van der Waals surface area contributed by atoms with Crippen molar-refractivity contribution in [3.63, 3.8) is 0 Å². The molecule has 1 saturated carbocycles. The van der Waals surface area contributed by atoms with E-state index >= 15 is 0 Å². The van der Waals surface area contributed by atoms with Crippen molar-refractivity contribution in [2.45, 2.75) is 38.6 Å². The zero-order valence-electron chi connectivity index (χ0n) is 12.7. The number of rotatable bonds is 4. The van der Waals surface area contributed by atoms with Crippen LogP contribution in [0.25, 0.3) is 0 Å². The Morgan fingerprint density at radius 2 is 1.95 bits per heavy atom. The summed E-state index contributed by atoms with van der Waals surface area (Å²) in [5.41, 5.74) is 2.55. The molecule has 2 aliphatic rings. The Kier molecular flexibility index (Phi) is 4.15. The lowest BCUT2D eigenvalue weighted by molar-refractivity contribution is 0.0695. The summed E-state index contributed by atoms with van der Waals surface area (Å²) in [6, 6.07) is 6.47. The Labute approximate surface area is 126 Å². The van der Waals surface area contributed by atoms with Gasteiger partial charge in [0.2, 0.25) is 0 Å². The molecule has 0 aromatic heterocycles. The third-order valence-electron chi connectivity index (χ3n) is 4.98. The molecular formula is C17H24N2O2. The van der Waals surface area contributed by atoms with Crippen LogP contribution in [0.15, 0.2) is 18.2 Å². The second kappa shape index (κ2) is 6.06. The van der Waals surface area contributed by atoms with Crippen molar-refractivity contribution in [1.29, 1.82) is 0 Å². The molecule has 1 saturated heterocycles. The van der Waals surface area contributed by atoms with Gasteiger partial charge < -0.3 is 10.0 Å². The molecule has 0 radical (unpaired) electrons. The first-order chi connectivity index (χ1) is 10.2. The van der Waals surface area contributed by atoms with E-state index in [1.54, 1.807) is 6.07 Å². The molecule has 0 amide bonds. The van der Waals surface area contributed by atoms with Gasteiger partial charge in [0, 0.05) is 37.9 Å². The number of anilines is 1. The highest BCUT2D eigenvalue weighted by atomic mass is 16.4. The summed E-state index contributed by atoms with van der Waals surface area (Å²) in [5, 5.41) is 9.35. The van der Waals surface area contributed by atoms with Crippen molar-refractivity contribution >= 4 is 11.7 Å². The summed E-state index contributed by atoms with van der Waals surface area (Å²) in [4.78, 5) is 16.3. The summed E-state index contributed by atoms with van der Waals surface area (Å²) in [5.74, 6) is -0.818. The minimum atomic E-state index is -0.818. The lowest BCUT2D eigenvalue weighted by Crippen LogP contribution is -2.52. The minimum absolute atomic E-state index is 0.455. The van der Waals surface area contributed by atoms with Crippen LogP contribution in [-0.2, 0) is 6.42 Å². The summed E-state index contributed by atoms with van der Waals surface area (Å²) in [6.45, 7) is 6.26. The second-order valence-corrected chi connectivity index (χ2v) is 6.07. The number of hydrogen-bond acceptors (Lipinski definition) is 3. The molecule has 1 aliphatic carbocycles. The molecule has 0 atom stereocenters. The summed E-state index contributed by atoms with van der Waals surface area (Å²) >= 11 is 0. The topological polar surface area (TPSA) is 43.8 Å². The largest absolute Gasteiger partial charge is 0.478 e. The van der Waals surface area contributed by atoms with Crippen LogP contribution >= 0.6 is 0 Å². The lowest BCUT2D eigenvalue weighted by atomic mass is 9.91. The van der Waals surface area contributed by atoms with Crippen LogP contribution in [0.1, 0.15) is 42.1 Å². The first-order valence-electron chi connectivity index (χ1n) is 8.05. The maximum atomic E-state index is 11.4. The van der Waals surface area contributed by atoms with Crippen molar-refractivity contribution in [2.24, 2.45) is 0 Å². The van der Waals surface area contributed by atoms with Crippen LogP contribution < -0.4 is 4.90 Å². The molecule has 21 heavy (non-hydrogen) atoms. The average Bonchev–Trinajstić information content (AvgIpc) is 2.45. The fourth-order valence-electron chi connectivity index (χ4n) is 3.52. The molecule has 1 aliphatic heterocycles. The molecule has 2 fully saturated rings.